The predicted octanol–water partition coefficient (Wildman–Crippen LogP) is 6.83. The lowest BCUT2D eigenvalue weighted by molar-refractivity contribution is -0.149. The maximum Gasteiger partial charge on any atom is 0.329 e. The highest BCUT2D eigenvalue weighted by Crippen LogP contribution is 2.32. The molecule has 12 heteroatoms. The summed E-state index contributed by atoms with van der Waals surface area (Å²) in [5, 5.41) is 5.43. The fourth-order valence-corrected chi connectivity index (χ4v) is 10.8. The smallest absolute Gasteiger partial charge is 0.329 e. The van der Waals surface area contributed by atoms with E-state index in [9.17, 15) is 24.0 Å². The molecule has 9 rings (SSSR count). The van der Waals surface area contributed by atoms with Crippen molar-refractivity contribution in [3.05, 3.63) is 112 Å². The minimum absolute atomic E-state index is 0.0191. The monoisotopic (exact) mass is 875 g/mol. The lowest BCUT2D eigenvalue weighted by atomic mass is 9.90. The first-order chi connectivity index (χ1) is 31.4. The number of hydrogen-bond acceptors (Lipinski definition) is 7. The predicted molar refractivity (Wildman–Crippen MR) is 255 cm³/mol. The van der Waals surface area contributed by atoms with Crippen LogP contribution in [0.25, 0.3) is 21.8 Å². The summed E-state index contributed by atoms with van der Waals surface area (Å²) in [5.74, 6) is 7.80. The van der Waals surface area contributed by atoms with Crippen molar-refractivity contribution in [3.63, 3.8) is 0 Å². The van der Waals surface area contributed by atoms with E-state index >= 15 is 0 Å². The summed E-state index contributed by atoms with van der Waals surface area (Å²) in [6, 6.07) is 25.3. The van der Waals surface area contributed by atoms with E-state index in [2.05, 4.69) is 62.2 Å². The topological polar surface area (TPSA) is 120 Å². The largest absolute Gasteiger partial charge is 0.371 e. The van der Waals surface area contributed by atoms with Crippen LogP contribution in [0.4, 0.5) is 5.69 Å². The molecule has 1 unspecified atom stereocenters. The van der Waals surface area contributed by atoms with E-state index in [1.54, 1.807) is 16.2 Å². The Morgan fingerprint density at radius 2 is 1.48 bits per heavy atom. The van der Waals surface area contributed by atoms with Crippen LogP contribution in [0.1, 0.15) is 97.4 Å². The van der Waals surface area contributed by atoms with E-state index in [1.807, 2.05) is 62.4 Å². The van der Waals surface area contributed by atoms with Crippen LogP contribution in [0.3, 0.4) is 0 Å². The summed E-state index contributed by atoms with van der Waals surface area (Å²) in [7, 11) is 3.21. The Balaban J connectivity index is 0.730. The minimum atomic E-state index is -0.696. The van der Waals surface area contributed by atoms with E-state index in [4.69, 9.17) is 0 Å². The van der Waals surface area contributed by atoms with Crippen molar-refractivity contribution < 1.29 is 19.2 Å². The van der Waals surface area contributed by atoms with Crippen molar-refractivity contribution in [3.8, 4) is 11.8 Å². The van der Waals surface area contributed by atoms with Crippen LogP contribution in [-0.4, -0.2) is 100 Å². The van der Waals surface area contributed by atoms with Crippen LogP contribution in [0.15, 0.2) is 83.7 Å². The normalized spacial score (nSPS) is 20.0. The van der Waals surface area contributed by atoms with Gasteiger partial charge in [-0.1, -0.05) is 60.4 Å². The summed E-state index contributed by atoms with van der Waals surface area (Å²) < 4.78 is 3.13. The number of rotatable bonds is 8. The molecule has 0 aliphatic carbocycles. The van der Waals surface area contributed by atoms with Gasteiger partial charge in [-0.2, -0.15) is 0 Å². The number of imidazole rings is 1. The maximum atomic E-state index is 13.8. The zero-order chi connectivity index (χ0) is 45.4. The second kappa shape index (κ2) is 18.7. The van der Waals surface area contributed by atoms with Gasteiger partial charge in [0.15, 0.2) is 0 Å². The number of benzene rings is 4. The van der Waals surface area contributed by atoms with Gasteiger partial charge in [-0.3, -0.25) is 33.2 Å². The van der Waals surface area contributed by atoms with Gasteiger partial charge in [-0.05, 0) is 130 Å². The molecule has 2 atom stereocenters. The molecule has 5 aromatic rings. The lowest BCUT2D eigenvalue weighted by Crippen LogP contribution is -2.47. The molecule has 1 aromatic heterocycles. The SMILES string of the molecule is Cc1ccccc1C(=O)N[C@H](C)c1ccc(C#CC2CCN(CC3CCN(C(=O)C4CCN(c5ccc6c(c5)n(C)c(=O)n6C5CCC(=O)N(C)C5=O)CC4)CC3)CC2)c2ccccc12. The summed E-state index contributed by atoms with van der Waals surface area (Å²) in [6.45, 7) is 10.4. The van der Waals surface area contributed by atoms with E-state index in [-0.39, 0.29) is 41.8 Å². The van der Waals surface area contributed by atoms with Gasteiger partial charge < -0.3 is 20.0 Å². The number of nitrogens with zero attached hydrogens (tertiary/aromatic N) is 6. The third kappa shape index (κ3) is 8.95. The molecule has 4 amide bonds. The number of likely N-dealkylation sites (tertiary alicyclic amines) is 3. The van der Waals surface area contributed by atoms with Crippen LogP contribution in [0.2, 0.25) is 0 Å². The van der Waals surface area contributed by atoms with Crippen molar-refractivity contribution in [2.24, 2.45) is 24.8 Å². The highest BCUT2D eigenvalue weighted by Gasteiger charge is 2.36. The van der Waals surface area contributed by atoms with Crippen LogP contribution >= 0.6 is 0 Å². The highest BCUT2D eigenvalue weighted by atomic mass is 16.2. The van der Waals surface area contributed by atoms with Crippen molar-refractivity contribution in [2.45, 2.75) is 77.3 Å². The van der Waals surface area contributed by atoms with Crippen molar-refractivity contribution >= 4 is 51.1 Å². The first-order valence-corrected chi connectivity index (χ1v) is 23.6. The molecule has 5 heterocycles. The Morgan fingerprint density at radius 1 is 0.769 bits per heavy atom. The molecule has 4 aromatic carbocycles. The Hall–Kier alpha value is -6.19. The second-order valence-corrected chi connectivity index (χ2v) is 18.9. The standard InChI is InChI=1S/C53H61N7O5/c1-35-9-5-6-10-42(35)50(62)54-36(2)43-17-15-39(44-11-7-8-12-45(43)44)14-13-37-21-27-57(28-22-37)34-38-23-29-59(30-24-38)51(63)40-25-31-58(32-26-40)41-16-18-46-48(33-41)55(3)53(65)60(46)47-19-20-49(61)56(4)52(47)64/h5-12,15-18,33,36-38,40,47H,19-32,34H2,1-4H3,(H,54,62)/t36-,47?/m1/s1. The molecule has 0 radical (unpaired) electrons. The molecule has 4 aliphatic rings. The zero-order valence-electron chi connectivity index (χ0n) is 38.2. The number of fused-ring (bicyclic) bond motifs is 2. The van der Waals surface area contributed by atoms with Crippen molar-refractivity contribution in [1.29, 1.82) is 0 Å². The van der Waals surface area contributed by atoms with E-state index < -0.39 is 6.04 Å². The van der Waals surface area contributed by atoms with Gasteiger partial charge >= 0.3 is 5.69 Å². The fourth-order valence-electron chi connectivity index (χ4n) is 10.8. The third-order valence-electron chi connectivity index (χ3n) is 14.8. The molecule has 4 fully saturated rings. The number of imide groups is 1. The molecule has 12 nitrogen and oxygen atoms in total. The van der Waals surface area contributed by atoms with E-state index in [1.165, 1.54) is 7.05 Å². The van der Waals surface area contributed by atoms with Crippen LogP contribution in [0.5, 0.6) is 0 Å². The number of anilines is 1. The van der Waals surface area contributed by atoms with Gasteiger partial charge in [0, 0.05) is 81.9 Å². The number of piperidine rings is 4. The average Bonchev–Trinajstić information content (AvgIpc) is 3.58. The Kier molecular flexibility index (Phi) is 12.7. The molecule has 65 heavy (non-hydrogen) atoms. The van der Waals surface area contributed by atoms with Gasteiger partial charge in [0.2, 0.25) is 11.8 Å². The zero-order valence-corrected chi connectivity index (χ0v) is 38.2. The van der Waals surface area contributed by atoms with Gasteiger partial charge in [0.1, 0.15) is 6.04 Å². The van der Waals surface area contributed by atoms with Gasteiger partial charge in [0.25, 0.3) is 11.8 Å². The van der Waals surface area contributed by atoms with Crippen molar-refractivity contribution in [2.75, 3.05) is 57.8 Å². The molecule has 4 aliphatic heterocycles. The van der Waals surface area contributed by atoms with Gasteiger partial charge in [-0.25, -0.2) is 4.79 Å². The lowest BCUT2D eigenvalue weighted by Gasteiger charge is -2.39. The maximum absolute atomic E-state index is 13.8. The third-order valence-corrected chi connectivity index (χ3v) is 14.8. The molecule has 338 valence electrons. The first-order valence-electron chi connectivity index (χ1n) is 23.6. The Labute approximate surface area is 381 Å². The number of likely N-dealkylation sites (N-methyl/N-ethyl adjacent to an activating group) is 1. The van der Waals surface area contributed by atoms with Crippen LogP contribution < -0.4 is 15.9 Å². The van der Waals surface area contributed by atoms with E-state index in [0.717, 1.165) is 128 Å². The molecule has 4 saturated heterocycles. The van der Waals surface area contributed by atoms with E-state index in [0.29, 0.717) is 35.2 Å². The van der Waals surface area contributed by atoms with Gasteiger partial charge in [-0.15, -0.1) is 0 Å². The summed E-state index contributed by atoms with van der Waals surface area (Å²) in [6.07, 6.45) is 6.33. The molecule has 0 spiro atoms. The van der Waals surface area contributed by atoms with Gasteiger partial charge in [0.05, 0.1) is 17.1 Å². The average molecular weight is 876 g/mol. The van der Waals surface area contributed by atoms with Crippen LogP contribution in [-0.2, 0) is 21.4 Å². The quantitative estimate of drug-likeness (QED) is 0.134. The summed E-state index contributed by atoms with van der Waals surface area (Å²) in [4.78, 5) is 73.5. The summed E-state index contributed by atoms with van der Waals surface area (Å²) in [5.41, 5.74) is 5.94. The number of nitrogens with one attached hydrogen (secondary N) is 1. The molecule has 0 saturated carbocycles. The Morgan fingerprint density at radius 3 is 2.22 bits per heavy atom. The molecule has 1 N–H and O–H groups in total. The fraction of sp³-hybridized carbons (Fsp3) is 0.453. The summed E-state index contributed by atoms with van der Waals surface area (Å²) >= 11 is 0. The Bertz CT molecular complexity index is 2760. The number of hydrogen-bond donors (Lipinski definition) is 1. The minimum Gasteiger partial charge on any atom is -0.371 e. The molecular weight excluding hydrogens is 815 g/mol. The number of amides is 4. The molecular formula is C53H61N7O5. The number of carbonyl (C=O) groups excluding carboxylic acids is 4. The highest BCUT2D eigenvalue weighted by molar-refractivity contribution is 6.00. The number of carbonyl (C=O) groups is 4. The van der Waals surface area contributed by atoms with Crippen molar-refractivity contribution in [1.82, 2.24) is 29.2 Å². The first kappa shape index (κ1) is 44.0. The van der Waals surface area contributed by atoms with Crippen LogP contribution in [0, 0.1) is 36.5 Å². The second-order valence-electron chi connectivity index (χ2n) is 18.9. The molecule has 0 bridgehead atoms. The number of aromatic nitrogens is 2. The number of aryl methyl sites for hydroxylation is 2.